The lowest BCUT2D eigenvalue weighted by Crippen LogP contribution is -2.29. The lowest BCUT2D eigenvalue weighted by Gasteiger charge is -2.24. The first kappa shape index (κ1) is 20.6. The van der Waals surface area contributed by atoms with Gasteiger partial charge in [-0.3, -0.25) is 19.6 Å². The Morgan fingerprint density at radius 1 is 1.13 bits per heavy atom. The number of nitrogens with zero attached hydrogens (tertiary/aromatic N) is 3. The molecule has 1 aliphatic heterocycles. The monoisotopic (exact) mass is 435 g/mol. The second kappa shape index (κ2) is 8.57. The molecule has 2 aromatic heterocycles. The number of hydrogen-bond donors (Lipinski definition) is 1. The standard InChI is InChI=1S/C23H18ClN3O4/c1-31-15-5-6-17(24)16(12-15)21(28)19-20(18-4-2-3-9-26-18)27(23(30)22(19)29)13-14-7-10-25-11-8-14/h2-12,20,28H,13H2,1H3/b21-19+. The minimum atomic E-state index is -0.878. The number of Topliss-reactive ketones (excluding diaryl/α,β-unsaturated/α-hetero) is 1. The maximum atomic E-state index is 13.0. The molecule has 1 fully saturated rings. The molecular formula is C23H18ClN3O4. The quantitative estimate of drug-likeness (QED) is 0.372. The molecule has 1 unspecified atom stereocenters. The summed E-state index contributed by atoms with van der Waals surface area (Å²) in [6.07, 6.45) is 4.79. The Kier molecular flexibility index (Phi) is 5.68. The van der Waals surface area contributed by atoms with Gasteiger partial charge >= 0.3 is 0 Å². The SMILES string of the molecule is COc1ccc(Cl)c(/C(O)=C2\C(=O)C(=O)N(Cc3ccncc3)C2c2ccccn2)c1. The number of aliphatic hydroxyl groups excluding tert-OH is 1. The van der Waals surface area contributed by atoms with E-state index in [0.29, 0.717) is 11.4 Å². The maximum absolute atomic E-state index is 13.0. The van der Waals surface area contributed by atoms with E-state index in [1.54, 1.807) is 61.1 Å². The number of aliphatic hydroxyl groups is 1. The van der Waals surface area contributed by atoms with Gasteiger partial charge in [-0.1, -0.05) is 17.7 Å². The molecule has 1 saturated heterocycles. The van der Waals surface area contributed by atoms with Crippen LogP contribution >= 0.6 is 11.6 Å². The van der Waals surface area contributed by atoms with E-state index in [1.807, 2.05) is 0 Å². The second-order valence-electron chi connectivity index (χ2n) is 6.88. The summed E-state index contributed by atoms with van der Waals surface area (Å²) in [6.45, 7) is 0.150. The highest BCUT2D eigenvalue weighted by Crippen LogP contribution is 2.41. The highest BCUT2D eigenvalue weighted by Gasteiger charge is 2.46. The molecule has 1 aliphatic rings. The summed E-state index contributed by atoms with van der Waals surface area (Å²) in [7, 11) is 1.48. The maximum Gasteiger partial charge on any atom is 0.296 e. The summed E-state index contributed by atoms with van der Waals surface area (Å²) in [5, 5.41) is 11.3. The van der Waals surface area contributed by atoms with Gasteiger partial charge in [0.15, 0.2) is 0 Å². The van der Waals surface area contributed by atoms with Crippen LogP contribution in [0.15, 0.2) is 72.7 Å². The van der Waals surface area contributed by atoms with Crippen molar-refractivity contribution in [2.75, 3.05) is 7.11 Å². The molecule has 7 nitrogen and oxygen atoms in total. The van der Waals surface area contributed by atoms with Gasteiger partial charge in [0.2, 0.25) is 0 Å². The highest BCUT2D eigenvalue weighted by atomic mass is 35.5. The Labute approximate surface area is 183 Å². The number of likely N-dealkylation sites (tertiary alicyclic amines) is 1. The molecule has 0 aliphatic carbocycles. The number of halogens is 1. The average molecular weight is 436 g/mol. The summed E-state index contributed by atoms with van der Waals surface area (Å²) < 4.78 is 5.21. The van der Waals surface area contributed by atoms with Crippen LogP contribution in [-0.4, -0.2) is 38.8 Å². The van der Waals surface area contributed by atoms with E-state index in [1.165, 1.54) is 18.1 Å². The fourth-order valence-corrected chi connectivity index (χ4v) is 3.74. The Hall–Kier alpha value is -3.71. The molecule has 3 heterocycles. The van der Waals surface area contributed by atoms with E-state index in [4.69, 9.17) is 16.3 Å². The fraction of sp³-hybridized carbons (Fsp3) is 0.130. The van der Waals surface area contributed by atoms with Crippen LogP contribution in [0.1, 0.15) is 22.9 Å². The zero-order valence-electron chi connectivity index (χ0n) is 16.5. The number of aromatic nitrogens is 2. The van der Waals surface area contributed by atoms with Gasteiger partial charge < -0.3 is 14.7 Å². The fourth-order valence-electron chi connectivity index (χ4n) is 3.53. The molecule has 3 aromatic rings. The van der Waals surface area contributed by atoms with E-state index in [-0.39, 0.29) is 28.5 Å². The molecule has 31 heavy (non-hydrogen) atoms. The number of methoxy groups -OCH3 is 1. The summed E-state index contributed by atoms with van der Waals surface area (Å²) in [5.74, 6) is -1.46. The zero-order valence-corrected chi connectivity index (χ0v) is 17.3. The summed E-state index contributed by atoms with van der Waals surface area (Å²) >= 11 is 6.29. The minimum absolute atomic E-state index is 0.0760. The third-order valence-electron chi connectivity index (χ3n) is 5.04. The molecular weight excluding hydrogens is 418 g/mol. The Balaban J connectivity index is 1.89. The van der Waals surface area contributed by atoms with Crippen LogP contribution < -0.4 is 4.74 Å². The van der Waals surface area contributed by atoms with Gasteiger partial charge in [0, 0.05) is 30.7 Å². The molecule has 1 N–H and O–H groups in total. The third kappa shape index (κ3) is 3.87. The van der Waals surface area contributed by atoms with Crippen molar-refractivity contribution in [3.8, 4) is 5.75 Å². The smallest absolute Gasteiger partial charge is 0.296 e. The van der Waals surface area contributed by atoms with Crippen LogP contribution in [0.3, 0.4) is 0 Å². The van der Waals surface area contributed by atoms with Crippen molar-refractivity contribution in [1.29, 1.82) is 0 Å². The lowest BCUT2D eigenvalue weighted by molar-refractivity contribution is -0.140. The number of ketones is 1. The van der Waals surface area contributed by atoms with Crippen LogP contribution in [0.2, 0.25) is 5.02 Å². The van der Waals surface area contributed by atoms with Crippen molar-refractivity contribution in [2.45, 2.75) is 12.6 Å². The van der Waals surface area contributed by atoms with Gasteiger partial charge in [-0.05, 0) is 48.0 Å². The van der Waals surface area contributed by atoms with Crippen LogP contribution in [0.25, 0.3) is 5.76 Å². The van der Waals surface area contributed by atoms with Crippen molar-refractivity contribution in [3.63, 3.8) is 0 Å². The normalized spacial score (nSPS) is 17.7. The van der Waals surface area contributed by atoms with E-state index in [2.05, 4.69) is 9.97 Å². The largest absolute Gasteiger partial charge is 0.507 e. The Morgan fingerprint density at radius 2 is 1.90 bits per heavy atom. The summed E-state index contributed by atoms with van der Waals surface area (Å²) in [6, 6.07) is 12.5. The van der Waals surface area contributed by atoms with Crippen molar-refractivity contribution >= 4 is 29.1 Å². The first-order valence-electron chi connectivity index (χ1n) is 9.43. The predicted octanol–water partition coefficient (Wildman–Crippen LogP) is 3.76. The van der Waals surface area contributed by atoms with Crippen LogP contribution in [0, 0.1) is 0 Å². The molecule has 0 spiro atoms. The lowest BCUT2D eigenvalue weighted by atomic mass is 9.98. The van der Waals surface area contributed by atoms with Crippen LogP contribution in [0.4, 0.5) is 0 Å². The number of carbonyl (C=O) groups is 2. The second-order valence-corrected chi connectivity index (χ2v) is 7.29. The van der Waals surface area contributed by atoms with Crippen molar-refractivity contribution in [3.05, 3.63) is 94.5 Å². The van der Waals surface area contributed by atoms with E-state index < -0.39 is 17.7 Å². The number of ether oxygens (including phenoxy) is 1. The molecule has 0 radical (unpaired) electrons. The first-order valence-corrected chi connectivity index (χ1v) is 9.81. The molecule has 8 heteroatoms. The van der Waals surface area contributed by atoms with Gasteiger partial charge in [0.05, 0.1) is 23.4 Å². The number of hydrogen-bond acceptors (Lipinski definition) is 6. The van der Waals surface area contributed by atoms with Crippen LogP contribution in [0.5, 0.6) is 5.75 Å². The summed E-state index contributed by atoms with van der Waals surface area (Å²) in [4.78, 5) is 35.7. The van der Waals surface area contributed by atoms with Crippen LogP contribution in [-0.2, 0) is 16.1 Å². The Morgan fingerprint density at radius 3 is 2.58 bits per heavy atom. The third-order valence-corrected chi connectivity index (χ3v) is 5.37. The van der Waals surface area contributed by atoms with Crippen molar-refractivity contribution in [2.24, 2.45) is 0 Å². The van der Waals surface area contributed by atoms with Gasteiger partial charge in [0.1, 0.15) is 17.6 Å². The molecule has 4 rings (SSSR count). The molecule has 156 valence electrons. The van der Waals surface area contributed by atoms with Crippen molar-refractivity contribution < 1.29 is 19.4 Å². The van der Waals surface area contributed by atoms with Gasteiger partial charge in [-0.25, -0.2) is 0 Å². The number of rotatable bonds is 5. The van der Waals surface area contributed by atoms with E-state index >= 15 is 0 Å². The van der Waals surface area contributed by atoms with Gasteiger partial charge in [0.25, 0.3) is 11.7 Å². The van der Waals surface area contributed by atoms with E-state index in [9.17, 15) is 14.7 Å². The molecule has 1 aromatic carbocycles. The summed E-state index contributed by atoms with van der Waals surface area (Å²) in [5.41, 5.74) is 1.37. The highest BCUT2D eigenvalue weighted by molar-refractivity contribution is 6.46. The van der Waals surface area contributed by atoms with Crippen molar-refractivity contribution in [1.82, 2.24) is 14.9 Å². The van der Waals surface area contributed by atoms with Gasteiger partial charge in [-0.2, -0.15) is 0 Å². The topological polar surface area (TPSA) is 92.6 Å². The van der Waals surface area contributed by atoms with Gasteiger partial charge in [-0.15, -0.1) is 0 Å². The first-order chi connectivity index (χ1) is 15.0. The average Bonchev–Trinajstić information content (AvgIpc) is 3.05. The predicted molar refractivity (Wildman–Crippen MR) is 114 cm³/mol. The molecule has 0 saturated carbocycles. The Bertz CT molecular complexity index is 1170. The minimum Gasteiger partial charge on any atom is -0.507 e. The van der Waals surface area contributed by atoms with E-state index in [0.717, 1.165) is 5.56 Å². The molecule has 0 bridgehead atoms. The molecule has 1 atom stereocenters. The number of benzene rings is 1. The zero-order chi connectivity index (χ0) is 22.0. The molecule has 1 amide bonds. The number of pyridine rings is 2. The number of carbonyl (C=O) groups excluding carboxylic acids is 2. The number of amides is 1.